The molecule has 4 nitrogen and oxygen atoms in total. The highest BCUT2D eigenvalue weighted by Gasteiger charge is 2.14. The van der Waals surface area contributed by atoms with Crippen molar-refractivity contribution in [3.63, 3.8) is 0 Å². The van der Waals surface area contributed by atoms with Crippen molar-refractivity contribution in [2.45, 2.75) is 32.4 Å². The van der Waals surface area contributed by atoms with Crippen molar-refractivity contribution in [2.24, 2.45) is 5.73 Å². The van der Waals surface area contributed by atoms with Crippen LogP contribution in [0.15, 0.2) is 28.7 Å². The summed E-state index contributed by atoms with van der Waals surface area (Å²) < 4.78 is 6.46. The smallest absolute Gasteiger partial charge is 0.260 e. The molecule has 1 aromatic rings. The number of hydrogen-bond donors (Lipinski definition) is 2. The number of nitrogens with one attached hydrogen (secondary N) is 1. The summed E-state index contributed by atoms with van der Waals surface area (Å²) in [5.41, 5.74) is 5.61. The molecule has 0 heterocycles. The first-order chi connectivity index (χ1) is 8.49. The van der Waals surface area contributed by atoms with Crippen molar-refractivity contribution in [3.8, 4) is 5.75 Å². The zero-order valence-corrected chi connectivity index (χ0v) is 13.5. The molecule has 2 atom stereocenters. The zero-order chi connectivity index (χ0) is 13.5. The summed E-state index contributed by atoms with van der Waals surface area (Å²) in [7, 11) is 0. The largest absolute Gasteiger partial charge is 0.481 e. The van der Waals surface area contributed by atoms with Crippen LogP contribution in [0.25, 0.3) is 0 Å². The Morgan fingerprint density at radius 3 is 2.74 bits per heavy atom. The molecule has 0 saturated heterocycles. The molecule has 19 heavy (non-hydrogen) atoms. The van der Waals surface area contributed by atoms with Crippen LogP contribution in [0, 0.1) is 0 Å². The third kappa shape index (κ3) is 7.40. The summed E-state index contributed by atoms with van der Waals surface area (Å²) in [6.07, 6.45) is 0.238. The lowest BCUT2D eigenvalue weighted by Gasteiger charge is -2.15. The molecule has 108 valence electrons. The molecule has 0 aliphatic carbocycles. The quantitative estimate of drug-likeness (QED) is 0.827. The molecule has 2 unspecified atom stereocenters. The van der Waals surface area contributed by atoms with Crippen molar-refractivity contribution in [2.75, 3.05) is 6.54 Å². The van der Waals surface area contributed by atoms with E-state index in [-0.39, 0.29) is 24.4 Å². The van der Waals surface area contributed by atoms with Crippen LogP contribution in [0.2, 0.25) is 0 Å². The van der Waals surface area contributed by atoms with E-state index in [9.17, 15) is 4.79 Å². The van der Waals surface area contributed by atoms with Gasteiger partial charge in [0.05, 0.1) is 0 Å². The fraction of sp³-hybridized carbons (Fsp3) is 0.462. The van der Waals surface area contributed by atoms with Gasteiger partial charge in [-0.25, -0.2) is 0 Å². The third-order valence-corrected chi connectivity index (χ3v) is 2.87. The number of ether oxygens (including phenoxy) is 1. The Hall–Kier alpha value is -0.780. The number of nitrogens with two attached hydrogens (primary N) is 1. The Morgan fingerprint density at radius 1 is 1.47 bits per heavy atom. The van der Waals surface area contributed by atoms with E-state index < -0.39 is 6.10 Å². The van der Waals surface area contributed by atoms with Gasteiger partial charge < -0.3 is 15.8 Å². The van der Waals surface area contributed by atoms with Crippen molar-refractivity contribution in [3.05, 3.63) is 28.7 Å². The molecule has 0 radical (unpaired) electrons. The summed E-state index contributed by atoms with van der Waals surface area (Å²) in [5.74, 6) is 0.537. The fourth-order valence-electron chi connectivity index (χ4n) is 1.36. The summed E-state index contributed by atoms with van der Waals surface area (Å²) in [6, 6.07) is 7.49. The first kappa shape index (κ1) is 18.2. The van der Waals surface area contributed by atoms with Crippen LogP contribution in [0.4, 0.5) is 0 Å². The molecular weight excluding hydrogens is 332 g/mol. The minimum Gasteiger partial charge on any atom is -0.481 e. The molecular formula is C13H20BrClN2O2. The highest BCUT2D eigenvalue weighted by Crippen LogP contribution is 2.18. The number of carbonyl (C=O) groups excluding carboxylic acids is 1. The van der Waals surface area contributed by atoms with Crippen molar-refractivity contribution >= 4 is 34.2 Å². The molecule has 0 aliphatic rings. The Bertz CT molecular complexity index is 402. The van der Waals surface area contributed by atoms with Gasteiger partial charge in [-0.05, 0) is 38.5 Å². The third-order valence-electron chi connectivity index (χ3n) is 2.38. The number of carbonyl (C=O) groups is 1. The predicted octanol–water partition coefficient (Wildman–Crippen LogP) is 2.49. The topological polar surface area (TPSA) is 64.3 Å². The molecule has 1 amide bonds. The van der Waals surface area contributed by atoms with Crippen LogP contribution in [-0.2, 0) is 4.79 Å². The van der Waals surface area contributed by atoms with E-state index in [1.54, 1.807) is 6.92 Å². The van der Waals surface area contributed by atoms with Gasteiger partial charge in [-0.1, -0.05) is 22.0 Å². The van der Waals surface area contributed by atoms with Crippen molar-refractivity contribution in [1.29, 1.82) is 0 Å². The average Bonchev–Trinajstić information content (AvgIpc) is 2.28. The maximum Gasteiger partial charge on any atom is 0.260 e. The van der Waals surface area contributed by atoms with E-state index in [4.69, 9.17) is 10.5 Å². The van der Waals surface area contributed by atoms with Crippen molar-refractivity contribution < 1.29 is 9.53 Å². The minimum absolute atomic E-state index is 0. The molecule has 3 N–H and O–H groups in total. The standard InChI is InChI=1S/C13H19BrN2O2.ClH/c1-9(15)6-7-16-13(17)10(2)18-12-5-3-4-11(14)8-12;/h3-5,8-10H,6-7,15H2,1-2H3,(H,16,17);1H. The second kappa shape index (κ2) is 9.18. The number of amides is 1. The number of rotatable bonds is 6. The first-order valence-electron chi connectivity index (χ1n) is 5.94. The van der Waals surface area contributed by atoms with E-state index >= 15 is 0 Å². The van der Waals surface area contributed by atoms with Gasteiger partial charge in [-0.3, -0.25) is 4.79 Å². The molecule has 6 heteroatoms. The first-order valence-corrected chi connectivity index (χ1v) is 6.74. The maximum atomic E-state index is 11.7. The van der Waals surface area contributed by atoms with E-state index in [1.165, 1.54) is 0 Å². The second-order valence-corrected chi connectivity index (χ2v) is 5.19. The summed E-state index contributed by atoms with van der Waals surface area (Å²) >= 11 is 3.35. The summed E-state index contributed by atoms with van der Waals surface area (Å²) in [4.78, 5) is 11.7. The Balaban J connectivity index is 0.00000324. The summed E-state index contributed by atoms with van der Waals surface area (Å²) in [5, 5.41) is 2.79. The van der Waals surface area contributed by atoms with Gasteiger partial charge in [0.2, 0.25) is 0 Å². The van der Waals surface area contributed by atoms with Crippen LogP contribution in [0.3, 0.4) is 0 Å². The molecule has 0 aromatic heterocycles. The lowest BCUT2D eigenvalue weighted by molar-refractivity contribution is -0.127. The fourth-order valence-corrected chi connectivity index (χ4v) is 1.74. The minimum atomic E-state index is -0.521. The highest BCUT2D eigenvalue weighted by molar-refractivity contribution is 9.10. The molecule has 0 spiro atoms. The van der Waals surface area contributed by atoms with Gasteiger partial charge in [-0.2, -0.15) is 0 Å². The maximum absolute atomic E-state index is 11.7. The Kier molecular flexibility index (Phi) is 8.80. The number of hydrogen-bond acceptors (Lipinski definition) is 3. The van der Waals surface area contributed by atoms with Gasteiger partial charge in [-0.15, -0.1) is 12.4 Å². The van der Waals surface area contributed by atoms with Crippen LogP contribution in [0.1, 0.15) is 20.3 Å². The molecule has 0 bridgehead atoms. The predicted molar refractivity (Wildman–Crippen MR) is 82.8 cm³/mol. The van der Waals surface area contributed by atoms with Gasteiger partial charge in [0, 0.05) is 17.1 Å². The average molecular weight is 352 g/mol. The van der Waals surface area contributed by atoms with Gasteiger partial charge >= 0.3 is 0 Å². The van der Waals surface area contributed by atoms with Crippen LogP contribution in [0.5, 0.6) is 5.75 Å². The van der Waals surface area contributed by atoms with Crippen LogP contribution >= 0.6 is 28.3 Å². The molecule has 0 fully saturated rings. The van der Waals surface area contributed by atoms with Crippen LogP contribution in [-0.4, -0.2) is 24.6 Å². The number of halogens is 2. The van der Waals surface area contributed by atoms with E-state index in [0.717, 1.165) is 10.9 Å². The monoisotopic (exact) mass is 350 g/mol. The molecule has 0 saturated carbocycles. The van der Waals surface area contributed by atoms with Gasteiger partial charge in [0.1, 0.15) is 5.75 Å². The van der Waals surface area contributed by atoms with Crippen molar-refractivity contribution in [1.82, 2.24) is 5.32 Å². The summed E-state index contributed by atoms with van der Waals surface area (Å²) in [6.45, 7) is 4.21. The number of benzene rings is 1. The van der Waals surface area contributed by atoms with Gasteiger partial charge in [0.25, 0.3) is 5.91 Å². The lowest BCUT2D eigenvalue weighted by atomic mass is 10.2. The van der Waals surface area contributed by atoms with E-state index in [2.05, 4.69) is 21.2 Å². The Labute approximate surface area is 128 Å². The molecule has 1 aromatic carbocycles. The second-order valence-electron chi connectivity index (χ2n) is 4.27. The molecule has 0 aliphatic heterocycles. The van der Waals surface area contributed by atoms with E-state index in [1.807, 2.05) is 31.2 Å². The highest BCUT2D eigenvalue weighted by atomic mass is 79.9. The molecule has 1 rings (SSSR count). The SMILES string of the molecule is CC(N)CCNC(=O)C(C)Oc1cccc(Br)c1.Cl. The van der Waals surface area contributed by atoms with E-state index in [0.29, 0.717) is 12.3 Å². The Morgan fingerprint density at radius 2 is 2.16 bits per heavy atom. The van der Waals surface area contributed by atoms with Gasteiger partial charge in [0.15, 0.2) is 6.10 Å². The lowest BCUT2D eigenvalue weighted by Crippen LogP contribution is -2.38. The van der Waals surface area contributed by atoms with Crippen LogP contribution < -0.4 is 15.8 Å². The normalized spacial score (nSPS) is 13.1. The zero-order valence-electron chi connectivity index (χ0n) is 11.1.